The lowest BCUT2D eigenvalue weighted by Crippen LogP contribution is -2.47. The van der Waals surface area contributed by atoms with Crippen LogP contribution in [0, 0.1) is 12.3 Å². The molecule has 200 valence electrons. The molecule has 0 fully saturated rings. The van der Waals surface area contributed by atoms with Gasteiger partial charge >= 0.3 is 0 Å². The van der Waals surface area contributed by atoms with Crippen molar-refractivity contribution in [3.8, 4) is 11.3 Å². The van der Waals surface area contributed by atoms with Gasteiger partial charge in [-0.1, -0.05) is 81.4 Å². The Balaban J connectivity index is 1.83. The molecule has 0 spiro atoms. The zero-order valence-corrected chi connectivity index (χ0v) is 22.3. The third kappa shape index (κ3) is 6.31. The number of halogens is 1. The van der Waals surface area contributed by atoms with Crippen LogP contribution in [0.15, 0.2) is 66.9 Å². The van der Waals surface area contributed by atoms with E-state index in [0.29, 0.717) is 18.2 Å². The van der Waals surface area contributed by atoms with E-state index < -0.39 is 17.6 Å². The molecule has 9 nitrogen and oxygen atoms in total. The van der Waals surface area contributed by atoms with Crippen molar-refractivity contribution < 1.29 is 9.18 Å². The number of carbonyl (C=O) groups is 1. The van der Waals surface area contributed by atoms with Crippen molar-refractivity contribution in [2.45, 2.75) is 53.0 Å². The lowest BCUT2D eigenvalue weighted by molar-refractivity contribution is -0.138. The van der Waals surface area contributed by atoms with Crippen molar-refractivity contribution in [3.63, 3.8) is 0 Å². The molecular weight excluding hydrogens is 483 g/mol. The van der Waals surface area contributed by atoms with Gasteiger partial charge in [0.15, 0.2) is 0 Å². The first kappa shape index (κ1) is 27.1. The van der Waals surface area contributed by atoms with Crippen LogP contribution < -0.4 is 5.73 Å². The highest BCUT2D eigenvalue weighted by Gasteiger charge is 2.39. The Morgan fingerprint density at radius 1 is 1.08 bits per heavy atom. The normalized spacial score (nSPS) is 13.3. The average molecular weight is 519 g/mol. The summed E-state index contributed by atoms with van der Waals surface area (Å²) in [7, 11) is 0. The van der Waals surface area contributed by atoms with Crippen molar-refractivity contribution in [1.29, 1.82) is 0 Å². The van der Waals surface area contributed by atoms with E-state index in [1.54, 1.807) is 11.8 Å². The topological polar surface area (TPSA) is 108 Å². The van der Waals surface area contributed by atoms with E-state index in [9.17, 15) is 9.18 Å². The molecule has 4 aromatic rings. The molecule has 2 atom stereocenters. The highest BCUT2D eigenvalue weighted by atomic mass is 19.1. The van der Waals surface area contributed by atoms with Crippen LogP contribution in [0.25, 0.3) is 11.3 Å². The van der Waals surface area contributed by atoms with E-state index in [1.807, 2.05) is 87.6 Å². The summed E-state index contributed by atoms with van der Waals surface area (Å²) in [4.78, 5) is 20.4. The quantitative estimate of drug-likeness (QED) is 0.342. The number of amides is 1. The monoisotopic (exact) mass is 518 g/mol. The first-order valence-electron chi connectivity index (χ1n) is 12.7. The first-order valence-corrected chi connectivity index (χ1v) is 12.7. The van der Waals surface area contributed by atoms with E-state index in [1.165, 1.54) is 4.68 Å². The number of alkyl halides is 1. The summed E-state index contributed by atoms with van der Waals surface area (Å²) in [6.45, 7) is 7.87. The molecule has 0 aliphatic carbocycles. The molecule has 4 rings (SSSR count). The third-order valence-corrected chi connectivity index (χ3v) is 6.42. The fourth-order valence-electron chi connectivity index (χ4n) is 4.55. The van der Waals surface area contributed by atoms with Crippen LogP contribution in [0.2, 0.25) is 0 Å². The number of nitrogens with two attached hydrogens (primary N) is 1. The maximum Gasteiger partial charge on any atom is 0.245 e. The maximum atomic E-state index is 14.9. The summed E-state index contributed by atoms with van der Waals surface area (Å²) in [5.74, 6) is 0.858. The highest BCUT2D eigenvalue weighted by molar-refractivity contribution is 5.76. The molecule has 2 aromatic heterocycles. The maximum absolute atomic E-state index is 14.9. The number of benzene rings is 2. The Labute approximate surface area is 222 Å². The van der Waals surface area contributed by atoms with Crippen molar-refractivity contribution in [3.05, 3.63) is 84.1 Å². The van der Waals surface area contributed by atoms with Gasteiger partial charge < -0.3 is 15.2 Å². The van der Waals surface area contributed by atoms with Gasteiger partial charge in [-0.3, -0.25) is 4.79 Å². The Bertz CT molecular complexity index is 1330. The molecule has 2 unspecified atom stereocenters. The lowest BCUT2D eigenvalue weighted by atomic mass is 9.84. The molecule has 2 N–H and O–H groups in total. The molecule has 38 heavy (non-hydrogen) atoms. The number of aryl methyl sites for hydroxylation is 1. The minimum absolute atomic E-state index is 0.117. The second-order valence-corrected chi connectivity index (χ2v) is 10.5. The number of hydrogen-bond acceptors (Lipinski definition) is 6. The summed E-state index contributed by atoms with van der Waals surface area (Å²) in [5, 5.41) is 11.4. The Hall–Kier alpha value is -3.92. The molecule has 1 amide bonds. The lowest BCUT2D eigenvalue weighted by Gasteiger charge is -2.40. The van der Waals surface area contributed by atoms with Gasteiger partial charge in [-0.2, -0.15) is 0 Å². The number of carbonyl (C=O) groups excluding carboxylic acids is 1. The molecule has 0 radical (unpaired) electrons. The fraction of sp³-hybridized carbons (Fsp3) is 0.393. The van der Waals surface area contributed by atoms with Gasteiger partial charge in [0, 0.05) is 24.8 Å². The summed E-state index contributed by atoms with van der Waals surface area (Å²) in [6, 6.07) is 19.4. The Morgan fingerprint density at radius 3 is 2.32 bits per heavy atom. The van der Waals surface area contributed by atoms with Gasteiger partial charge in [-0.05, 0) is 28.3 Å². The highest BCUT2D eigenvalue weighted by Crippen LogP contribution is 2.39. The van der Waals surface area contributed by atoms with Gasteiger partial charge in [0.1, 0.15) is 24.4 Å². The smallest absolute Gasteiger partial charge is 0.245 e. The Kier molecular flexibility index (Phi) is 8.31. The van der Waals surface area contributed by atoms with Crippen LogP contribution in [0.4, 0.5) is 4.39 Å². The predicted molar refractivity (Wildman–Crippen MR) is 144 cm³/mol. The van der Waals surface area contributed by atoms with E-state index in [0.717, 1.165) is 16.8 Å². The molecule has 0 bridgehead atoms. The predicted octanol–water partition coefficient (Wildman–Crippen LogP) is 3.81. The van der Waals surface area contributed by atoms with Crippen molar-refractivity contribution >= 4 is 5.91 Å². The van der Waals surface area contributed by atoms with Crippen molar-refractivity contribution in [2.75, 3.05) is 13.1 Å². The zero-order chi connectivity index (χ0) is 27.3. The molecule has 0 saturated heterocycles. The average Bonchev–Trinajstić information content (AvgIpc) is 3.49. The molecule has 2 heterocycles. The zero-order valence-electron chi connectivity index (χ0n) is 22.3. The van der Waals surface area contributed by atoms with E-state index >= 15 is 0 Å². The molecule has 0 aliphatic rings. The molecule has 2 aromatic carbocycles. The van der Waals surface area contributed by atoms with Crippen LogP contribution >= 0.6 is 0 Å². The van der Waals surface area contributed by atoms with E-state index in [-0.39, 0.29) is 25.5 Å². The van der Waals surface area contributed by atoms with E-state index in [4.69, 9.17) is 10.7 Å². The fourth-order valence-corrected chi connectivity index (χ4v) is 4.55. The SMILES string of the molecule is Cc1nnnn1CC(=O)N(CC(F)CN)C(c1nc(-c2ccccc2)cn1Cc1ccccc1)C(C)(C)C. The largest absolute Gasteiger partial charge is 0.328 e. The number of imidazole rings is 1. The summed E-state index contributed by atoms with van der Waals surface area (Å²) < 4.78 is 18.4. The van der Waals surface area contributed by atoms with Crippen molar-refractivity contribution in [2.24, 2.45) is 11.1 Å². The number of hydrogen-bond donors (Lipinski definition) is 1. The van der Waals surface area contributed by atoms with Crippen LogP contribution in [-0.2, 0) is 17.9 Å². The van der Waals surface area contributed by atoms with Gasteiger partial charge in [0.2, 0.25) is 5.91 Å². The third-order valence-electron chi connectivity index (χ3n) is 6.42. The van der Waals surface area contributed by atoms with Gasteiger partial charge in [-0.25, -0.2) is 14.1 Å². The number of rotatable bonds is 10. The molecule has 0 saturated carbocycles. The molecular formula is C28H35FN8O. The second-order valence-electron chi connectivity index (χ2n) is 10.5. The standard InChI is InChI=1S/C28H35FN8O/c1-20-32-33-34-37(20)19-25(38)36(17-23(29)15-30)26(28(2,3)4)27-31-24(22-13-9-6-10-14-22)18-35(27)16-21-11-7-5-8-12-21/h5-14,18,23,26H,15-17,19,30H2,1-4H3. The van der Waals surface area contributed by atoms with Gasteiger partial charge in [0.05, 0.1) is 18.3 Å². The number of aromatic nitrogens is 6. The van der Waals surface area contributed by atoms with Crippen LogP contribution in [0.5, 0.6) is 0 Å². The van der Waals surface area contributed by atoms with Gasteiger partial charge in [-0.15, -0.1) is 5.10 Å². The molecule has 0 aliphatic heterocycles. The minimum Gasteiger partial charge on any atom is -0.328 e. The minimum atomic E-state index is -1.40. The summed E-state index contributed by atoms with van der Waals surface area (Å²) in [6.07, 6.45) is 0.602. The van der Waals surface area contributed by atoms with Crippen LogP contribution in [0.3, 0.4) is 0 Å². The van der Waals surface area contributed by atoms with Crippen molar-refractivity contribution in [1.82, 2.24) is 34.7 Å². The van der Waals surface area contributed by atoms with E-state index in [2.05, 4.69) is 20.1 Å². The van der Waals surface area contributed by atoms with Gasteiger partial charge in [0.25, 0.3) is 0 Å². The summed E-state index contributed by atoms with van der Waals surface area (Å²) in [5.41, 5.74) is 8.01. The number of tetrazole rings is 1. The molecule has 10 heteroatoms. The Morgan fingerprint density at radius 2 is 1.74 bits per heavy atom. The number of nitrogens with zero attached hydrogens (tertiary/aromatic N) is 7. The van der Waals surface area contributed by atoms with Crippen LogP contribution in [-0.4, -0.2) is 59.8 Å². The first-order chi connectivity index (χ1) is 18.2. The second kappa shape index (κ2) is 11.6. The summed E-state index contributed by atoms with van der Waals surface area (Å²) >= 11 is 0. The van der Waals surface area contributed by atoms with Crippen LogP contribution in [0.1, 0.15) is 44.0 Å².